The molecule has 6 nitrogen and oxygen atoms in total. The highest BCUT2D eigenvalue weighted by Crippen LogP contribution is 2.33. The maximum Gasteiger partial charge on any atom is 0.331 e. The van der Waals surface area contributed by atoms with Crippen molar-refractivity contribution in [1.82, 2.24) is 10.6 Å². The van der Waals surface area contributed by atoms with Gasteiger partial charge in [0.2, 0.25) is 0 Å². The third-order valence-electron chi connectivity index (χ3n) is 7.75. The third-order valence-corrected chi connectivity index (χ3v) is 8.22. The molecule has 2 fully saturated rings. The molecule has 216 valence electrons. The topological polar surface area (TPSA) is 76.7 Å². The molecule has 2 aliphatic rings. The number of rotatable bonds is 12. The fraction of sp³-hybridized carbons (Fsp3) is 0.500. The molecule has 2 aliphatic heterocycles. The molecule has 2 aromatic carbocycles. The van der Waals surface area contributed by atoms with Gasteiger partial charge in [0.1, 0.15) is 12.2 Å². The number of esters is 2. The van der Waals surface area contributed by atoms with Crippen LogP contribution in [0.2, 0.25) is 10.0 Å². The average molecular weight is 588 g/mol. The number of ether oxygens (including phenoxy) is 2. The Labute approximate surface area is 247 Å². The van der Waals surface area contributed by atoms with Crippen LogP contribution >= 0.6 is 23.2 Å². The van der Waals surface area contributed by atoms with E-state index in [1.165, 1.54) is 0 Å². The monoisotopic (exact) mass is 586 g/mol. The van der Waals surface area contributed by atoms with Gasteiger partial charge in [-0.2, -0.15) is 0 Å². The molecule has 0 aliphatic carbocycles. The van der Waals surface area contributed by atoms with Gasteiger partial charge in [-0.15, -0.1) is 0 Å². The van der Waals surface area contributed by atoms with Gasteiger partial charge in [-0.05, 0) is 73.9 Å². The molecule has 4 rings (SSSR count). The summed E-state index contributed by atoms with van der Waals surface area (Å²) in [4.78, 5) is 25.9. The van der Waals surface area contributed by atoms with E-state index in [1.807, 2.05) is 36.4 Å². The molecule has 8 heteroatoms. The lowest BCUT2D eigenvalue weighted by molar-refractivity contribution is -0.147. The van der Waals surface area contributed by atoms with Crippen molar-refractivity contribution in [1.29, 1.82) is 0 Å². The second-order valence-corrected chi connectivity index (χ2v) is 11.7. The first-order valence-electron chi connectivity index (χ1n) is 14.5. The standard InChI is InChI=1S/C32H40Cl2N2O4/c1-3-7-25-13-15-27(35-25)31(21-9-5-11-23(33)19-21)39-29(37)17-18-30(38)40-32(22-10-6-12-24(34)20-22)28-16-14-26(36-28)8-4-2/h5-6,9-12,17-20,25-28,31-32,35-36H,3-4,7-8,13-16H2,1-2H3/b18-17-/t25-,26-,27+,28+,31+,32+/m0/s1. The molecule has 2 aromatic rings. The third kappa shape index (κ3) is 8.56. The van der Waals surface area contributed by atoms with Crippen LogP contribution in [-0.2, 0) is 19.1 Å². The van der Waals surface area contributed by atoms with Gasteiger partial charge in [0.15, 0.2) is 0 Å². The summed E-state index contributed by atoms with van der Waals surface area (Å²) in [5, 5.41) is 8.39. The second-order valence-electron chi connectivity index (χ2n) is 10.8. The number of hydrogen-bond donors (Lipinski definition) is 2. The highest BCUT2D eigenvalue weighted by Gasteiger charge is 2.34. The SMILES string of the molecule is CCC[C@H]1CC[C@H]([C@H](OC(=O)/C=C\C(=O)O[C@H](c2cccc(Cl)c2)[C@H]2CC[C@H](CCC)N2)c2cccc(Cl)c2)N1. The van der Waals surface area contributed by atoms with Crippen molar-refractivity contribution >= 4 is 35.1 Å². The Balaban J connectivity index is 1.44. The Hall–Kier alpha value is -2.38. The van der Waals surface area contributed by atoms with Crippen LogP contribution < -0.4 is 10.6 Å². The predicted molar refractivity (Wildman–Crippen MR) is 159 cm³/mol. The molecule has 0 aromatic heterocycles. The van der Waals surface area contributed by atoms with Crippen molar-refractivity contribution in [2.24, 2.45) is 0 Å². The van der Waals surface area contributed by atoms with Crippen molar-refractivity contribution in [3.63, 3.8) is 0 Å². The van der Waals surface area contributed by atoms with E-state index < -0.39 is 24.1 Å². The Morgan fingerprint density at radius 2 is 1.20 bits per heavy atom. The summed E-state index contributed by atoms with van der Waals surface area (Å²) in [5.74, 6) is -1.21. The number of halogens is 2. The molecule has 0 unspecified atom stereocenters. The molecule has 0 amide bonds. The lowest BCUT2D eigenvalue weighted by Crippen LogP contribution is -2.36. The van der Waals surface area contributed by atoms with Crippen LogP contribution in [-0.4, -0.2) is 36.1 Å². The lowest BCUT2D eigenvalue weighted by atomic mass is 10.0. The molecular formula is C32H40Cl2N2O4. The van der Waals surface area contributed by atoms with E-state index >= 15 is 0 Å². The number of carbonyl (C=O) groups excluding carboxylic acids is 2. The maximum atomic E-state index is 12.9. The number of benzene rings is 2. The van der Waals surface area contributed by atoms with Crippen LogP contribution in [0.5, 0.6) is 0 Å². The zero-order valence-electron chi connectivity index (χ0n) is 23.3. The molecule has 40 heavy (non-hydrogen) atoms. The largest absolute Gasteiger partial charge is 0.453 e. The fourth-order valence-electron chi connectivity index (χ4n) is 5.93. The van der Waals surface area contributed by atoms with E-state index in [1.54, 1.807) is 12.1 Å². The van der Waals surface area contributed by atoms with Crippen LogP contribution in [0.4, 0.5) is 0 Å². The van der Waals surface area contributed by atoms with Gasteiger partial charge in [-0.25, -0.2) is 9.59 Å². The molecule has 2 N–H and O–H groups in total. The summed E-state index contributed by atoms with van der Waals surface area (Å²) in [7, 11) is 0. The highest BCUT2D eigenvalue weighted by molar-refractivity contribution is 6.30. The number of hydrogen-bond acceptors (Lipinski definition) is 6. The van der Waals surface area contributed by atoms with Gasteiger partial charge in [0.05, 0.1) is 0 Å². The Bertz CT molecular complexity index is 1080. The van der Waals surface area contributed by atoms with E-state index in [9.17, 15) is 9.59 Å². The van der Waals surface area contributed by atoms with Crippen LogP contribution in [0.15, 0.2) is 60.7 Å². The van der Waals surface area contributed by atoms with E-state index in [-0.39, 0.29) is 12.1 Å². The number of carbonyl (C=O) groups is 2. The summed E-state index contributed by atoms with van der Waals surface area (Å²) in [6.45, 7) is 4.33. The van der Waals surface area contributed by atoms with Gasteiger partial charge in [0, 0.05) is 46.4 Å². The highest BCUT2D eigenvalue weighted by atomic mass is 35.5. The molecule has 2 saturated heterocycles. The second kappa shape index (κ2) is 15.0. The normalized spacial score (nSPS) is 24.2. The zero-order chi connectivity index (χ0) is 28.5. The first kappa shape index (κ1) is 30.6. The van der Waals surface area contributed by atoms with E-state index in [0.717, 1.165) is 74.6 Å². The van der Waals surface area contributed by atoms with E-state index in [2.05, 4.69) is 24.5 Å². The molecule has 0 spiro atoms. The minimum Gasteiger partial charge on any atom is -0.453 e. The Kier molecular flexibility index (Phi) is 11.5. The van der Waals surface area contributed by atoms with Crippen LogP contribution in [0.1, 0.15) is 88.5 Å². The van der Waals surface area contributed by atoms with Crippen molar-refractivity contribution in [2.45, 2.75) is 102 Å². The Morgan fingerprint density at radius 3 is 1.57 bits per heavy atom. The Morgan fingerprint density at radius 1 is 0.775 bits per heavy atom. The molecule has 0 bridgehead atoms. The molecule has 2 heterocycles. The first-order chi connectivity index (χ1) is 19.4. The molecule has 0 radical (unpaired) electrons. The quantitative estimate of drug-likeness (QED) is 0.201. The van der Waals surface area contributed by atoms with Crippen molar-refractivity contribution in [3.05, 3.63) is 81.9 Å². The summed E-state index contributed by atoms with van der Waals surface area (Å²) in [5.41, 5.74) is 1.64. The van der Waals surface area contributed by atoms with Crippen LogP contribution in [0, 0.1) is 0 Å². The summed E-state index contributed by atoms with van der Waals surface area (Å²) in [6, 6.07) is 15.5. The van der Waals surface area contributed by atoms with Gasteiger partial charge >= 0.3 is 11.9 Å². The van der Waals surface area contributed by atoms with Crippen LogP contribution in [0.25, 0.3) is 0 Å². The van der Waals surface area contributed by atoms with Crippen LogP contribution in [0.3, 0.4) is 0 Å². The smallest absolute Gasteiger partial charge is 0.331 e. The summed E-state index contributed by atoms with van der Waals surface area (Å²) in [6.07, 6.45) is 9.38. The van der Waals surface area contributed by atoms with Crippen molar-refractivity contribution in [3.8, 4) is 0 Å². The minimum absolute atomic E-state index is 0.0314. The molecule has 0 saturated carbocycles. The summed E-state index contributed by atoms with van der Waals surface area (Å²) >= 11 is 12.5. The average Bonchev–Trinajstić information content (AvgIpc) is 3.59. The molecular weight excluding hydrogens is 547 g/mol. The predicted octanol–water partition coefficient (Wildman–Crippen LogP) is 7.26. The van der Waals surface area contributed by atoms with Crippen molar-refractivity contribution in [2.75, 3.05) is 0 Å². The lowest BCUT2D eigenvalue weighted by Gasteiger charge is -2.25. The van der Waals surface area contributed by atoms with Gasteiger partial charge in [-0.1, -0.05) is 74.2 Å². The first-order valence-corrected chi connectivity index (χ1v) is 15.2. The summed E-state index contributed by atoms with van der Waals surface area (Å²) < 4.78 is 11.8. The van der Waals surface area contributed by atoms with Gasteiger partial charge in [0.25, 0.3) is 0 Å². The van der Waals surface area contributed by atoms with E-state index in [4.69, 9.17) is 32.7 Å². The fourth-order valence-corrected chi connectivity index (χ4v) is 6.32. The number of nitrogens with one attached hydrogen (secondary N) is 2. The minimum atomic E-state index is -0.607. The van der Waals surface area contributed by atoms with Gasteiger partial charge in [-0.3, -0.25) is 0 Å². The van der Waals surface area contributed by atoms with Gasteiger partial charge < -0.3 is 20.1 Å². The molecule has 6 atom stereocenters. The zero-order valence-corrected chi connectivity index (χ0v) is 24.8. The van der Waals surface area contributed by atoms with E-state index in [0.29, 0.717) is 22.1 Å². The maximum absolute atomic E-state index is 12.9. The van der Waals surface area contributed by atoms with Crippen molar-refractivity contribution < 1.29 is 19.1 Å².